The lowest BCUT2D eigenvalue weighted by atomic mass is 10.1. The van der Waals surface area contributed by atoms with Gasteiger partial charge in [-0.3, -0.25) is 9.59 Å². The maximum absolute atomic E-state index is 11.9. The van der Waals surface area contributed by atoms with Crippen LogP contribution in [0.15, 0.2) is 60.9 Å². The van der Waals surface area contributed by atoms with E-state index >= 15 is 0 Å². The van der Waals surface area contributed by atoms with Crippen LogP contribution in [0, 0.1) is 0 Å². The second kappa shape index (κ2) is 8.43. The Morgan fingerprint density at radius 3 is 1.46 bits per heavy atom. The van der Waals surface area contributed by atoms with Gasteiger partial charge < -0.3 is 10.6 Å². The summed E-state index contributed by atoms with van der Waals surface area (Å²) in [6.45, 7) is 0.753. The molecule has 0 radical (unpaired) electrons. The number of nitrogens with one attached hydrogen (secondary N) is 2. The van der Waals surface area contributed by atoms with Crippen LogP contribution in [0.3, 0.4) is 0 Å². The number of nitrogens with zero attached hydrogens (tertiary/aromatic N) is 4. The van der Waals surface area contributed by atoms with E-state index in [9.17, 15) is 9.59 Å². The summed E-state index contributed by atoms with van der Waals surface area (Å²) in [4.78, 5) is 23.9. The molecule has 26 heavy (non-hydrogen) atoms. The van der Waals surface area contributed by atoms with Gasteiger partial charge in [-0.1, -0.05) is 24.3 Å². The summed E-state index contributed by atoms with van der Waals surface area (Å²) in [5, 5.41) is 20.4. The normalized spacial score (nSPS) is 10.2. The Bertz CT molecular complexity index is 795. The van der Waals surface area contributed by atoms with Gasteiger partial charge in [0.1, 0.15) is 0 Å². The number of carbonyl (C=O) groups is 2. The number of rotatable bonds is 6. The Morgan fingerprint density at radius 1 is 0.692 bits per heavy atom. The van der Waals surface area contributed by atoms with Gasteiger partial charge in [0.2, 0.25) is 0 Å². The van der Waals surface area contributed by atoms with Gasteiger partial charge in [-0.2, -0.15) is 10.2 Å². The smallest absolute Gasteiger partial charge is 0.272 e. The zero-order valence-electron chi connectivity index (χ0n) is 13.8. The summed E-state index contributed by atoms with van der Waals surface area (Å²) in [5.41, 5.74) is 2.42. The molecule has 0 atom stereocenters. The molecule has 0 aliphatic heterocycles. The van der Waals surface area contributed by atoms with Gasteiger partial charge in [-0.15, -0.1) is 10.2 Å². The molecule has 2 aromatic heterocycles. The minimum Gasteiger partial charge on any atom is -0.347 e. The molecule has 8 heteroatoms. The van der Waals surface area contributed by atoms with Crippen molar-refractivity contribution in [2.45, 2.75) is 13.1 Å². The Kier molecular flexibility index (Phi) is 5.56. The van der Waals surface area contributed by atoms with Crippen molar-refractivity contribution in [2.24, 2.45) is 0 Å². The molecule has 0 saturated carbocycles. The fourth-order valence-electron chi connectivity index (χ4n) is 2.17. The van der Waals surface area contributed by atoms with Gasteiger partial charge in [-0.25, -0.2) is 0 Å². The highest BCUT2D eigenvalue weighted by atomic mass is 16.2. The quantitative estimate of drug-likeness (QED) is 0.691. The molecular formula is C18H16N6O2. The SMILES string of the molecule is O=C(NCc1ccc(CNC(=O)c2cccnn2)cc1)c1cccnn1. The Balaban J connectivity index is 1.49. The third-order valence-electron chi connectivity index (χ3n) is 3.54. The predicted molar refractivity (Wildman–Crippen MR) is 92.8 cm³/mol. The number of amides is 2. The van der Waals surface area contributed by atoms with Gasteiger partial charge in [-0.05, 0) is 35.4 Å². The molecule has 0 saturated heterocycles. The molecule has 2 amide bonds. The minimum atomic E-state index is -0.279. The van der Waals surface area contributed by atoms with Crippen LogP contribution in [0.25, 0.3) is 0 Å². The highest BCUT2D eigenvalue weighted by Gasteiger charge is 2.08. The van der Waals surface area contributed by atoms with Crippen molar-refractivity contribution in [3.05, 3.63) is 83.4 Å². The lowest BCUT2D eigenvalue weighted by Gasteiger charge is -2.07. The number of carbonyl (C=O) groups excluding carboxylic acids is 2. The number of hydrogen-bond donors (Lipinski definition) is 2. The molecule has 0 unspecified atom stereocenters. The van der Waals surface area contributed by atoms with E-state index in [4.69, 9.17) is 0 Å². The van der Waals surface area contributed by atoms with Gasteiger partial charge in [0.15, 0.2) is 11.4 Å². The highest BCUT2D eigenvalue weighted by Crippen LogP contribution is 2.05. The molecular weight excluding hydrogens is 332 g/mol. The van der Waals surface area contributed by atoms with E-state index in [2.05, 4.69) is 31.0 Å². The van der Waals surface area contributed by atoms with Crippen molar-refractivity contribution in [3.8, 4) is 0 Å². The van der Waals surface area contributed by atoms with Crippen LogP contribution in [-0.4, -0.2) is 32.2 Å². The van der Waals surface area contributed by atoms with E-state index in [1.165, 1.54) is 12.4 Å². The molecule has 0 fully saturated rings. The molecule has 0 bridgehead atoms. The second-order valence-electron chi connectivity index (χ2n) is 5.40. The Hall–Kier alpha value is -3.68. The maximum Gasteiger partial charge on any atom is 0.272 e. The van der Waals surface area contributed by atoms with Crippen LogP contribution >= 0.6 is 0 Å². The average molecular weight is 348 g/mol. The van der Waals surface area contributed by atoms with Gasteiger partial charge in [0.25, 0.3) is 11.8 Å². The molecule has 0 aliphatic rings. The van der Waals surface area contributed by atoms with Gasteiger partial charge in [0, 0.05) is 25.5 Å². The highest BCUT2D eigenvalue weighted by molar-refractivity contribution is 5.92. The van der Waals surface area contributed by atoms with Crippen molar-refractivity contribution in [1.29, 1.82) is 0 Å². The number of benzene rings is 1. The molecule has 0 spiro atoms. The third-order valence-corrected chi connectivity index (χ3v) is 3.54. The second-order valence-corrected chi connectivity index (χ2v) is 5.40. The molecule has 2 heterocycles. The third kappa shape index (κ3) is 4.67. The van der Waals surface area contributed by atoms with Crippen molar-refractivity contribution in [2.75, 3.05) is 0 Å². The van der Waals surface area contributed by atoms with E-state index in [1.54, 1.807) is 24.3 Å². The summed E-state index contributed by atoms with van der Waals surface area (Å²) >= 11 is 0. The molecule has 1 aromatic carbocycles. The average Bonchev–Trinajstić information content (AvgIpc) is 2.72. The van der Waals surface area contributed by atoms with Crippen LogP contribution in [0.4, 0.5) is 0 Å². The summed E-state index contributed by atoms with van der Waals surface area (Å²) in [6.07, 6.45) is 3.03. The first-order valence-electron chi connectivity index (χ1n) is 7.92. The van der Waals surface area contributed by atoms with E-state index in [-0.39, 0.29) is 23.2 Å². The molecule has 2 N–H and O–H groups in total. The molecule has 0 aliphatic carbocycles. The monoisotopic (exact) mass is 348 g/mol. The molecule has 8 nitrogen and oxygen atoms in total. The van der Waals surface area contributed by atoms with Crippen LogP contribution in [-0.2, 0) is 13.1 Å². The fourth-order valence-corrected chi connectivity index (χ4v) is 2.17. The van der Waals surface area contributed by atoms with Crippen LogP contribution < -0.4 is 10.6 Å². The fraction of sp³-hybridized carbons (Fsp3) is 0.111. The minimum absolute atomic E-state index is 0.274. The summed E-state index contributed by atoms with van der Waals surface area (Å²) in [5.74, 6) is -0.558. The van der Waals surface area contributed by atoms with Crippen LogP contribution in [0.5, 0.6) is 0 Å². The molecule has 3 aromatic rings. The van der Waals surface area contributed by atoms with E-state index in [0.29, 0.717) is 13.1 Å². The van der Waals surface area contributed by atoms with E-state index < -0.39 is 0 Å². The summed E-state index contributed by atoms with van der Waals surface area (Å²) in [7, 11) is 0. The van der Waals surface area contributed by atoms with Gasteiger partial charge >= 0.3 is 0 Å². The first kappa shape index (κ1) is 17.2. The topological polar surface area (TPSA) is 110 Å². The van der Waals surface area contributed by atoms with E-state index in [1.807, 2.05) is 24.3 Å². The predicted octanol–water partition coefficient (Wildman–Crippen LogP) is 1.13. The zero-order valence-corrected chi connectivity index (χ0v) is 13.8. The lowest BCUT2D eigenvalue weighted by Crippen LogP contribution is -2.24. The van der Waals surface area contributed by atoms with Crippen molar-refractivity contribution in [3.63, 3.8) is 0 Å². The lowest BCUT2D eigenvalue weighted by molar-refractivity contribution is 0.0936. The molecule has 3 rings (SSSR count). The van der Waals surface area contributed by atoms with Crippen molar-refractivity contribution >= 4 is 11.8 Å². The Labute approximate surface area is 149 Å². The van der Waals surface area contributed by atoms with Gasteiger partial charge in [0.05, 0.1) is 0 Å². The van der Waals surface area contributed by atoms with Crippen LogP contribution in [0.1, 0.15) is 32.1 Å². The number of hydrogen-bond acceptors (Lipinski definition) is 6. The zero-order chi connectivity index (χ0) is 18.2. The summed E-state index contributed by atoms with van der Waals surface area (Å²) < 4.78 is 0. The van der Waals surface area contributed by atoms with Crippen molar-refractivity contribution in [1.82, 2.24) is 31.0 Å². The standard InChI is InChI=1S/C18H16N6O2/c25-17(15-3-1-9-21-23-15)19-11-13-5-7-14(8-6-13)12-20-18(26)16-4-2-10-22-24-16/h1-10H,11-12H2,(H,19,25)(H,20,26). The van der Waals surface area contributed by atoms with Crippen molar-refractivity contribution < 1.29 is 9.59 Å². The Morgan fingerprint density at radius 2 is 1.12 bits per heavy atom. The first-order chi connectivity index (χ1) is 12.7. The number of aromatic nitrogens is 4. The largest absolute Gasteiger partial charge is 0.347 e. The first-order valence-corrected chi connectivity index (χ1v) is 7.92. The van der Waals surface area contributed by atoms with E-state index in [0.717, 1.165) is 11.1 Å². The van der Waals surface area contributed by atoms with Crippen LogP contribution in [0.2, 0.25) is 0 Å². The maximum atomic E-state index is 11.9. The summed E-state index contributed by atoms with van der Waals surface area (Å²) in [6, 6.07) is 14.1. The molecule has 130 valence electrons.